The molecular formula is C24H22FN7. The van der Waals surface area contributed by atoms with Crippen LogP contribution in [0.3, 0.4) is 0 Å². The average Bonchev–Trinajstić information content (AvgIpc) is 3.22. The van der Waals surface area contributed by atoms with Gasteiger partial charge in [-0.05, 0) is 43.7 Å². The number of H-pyrrole nitrogens is 1. The Kier molecular flexibility index (Phi) is 5.18. The van der Waals surface area contributed by atoms with Crippen molar-refractivity contribution in [1.82, 2.24) is 29.9 Å². The molecule has 0 saturated heterocycles. The Morgan fingerprint density at radius 3 is 2.78 bits per heavy atom. The van der Waals surface area contributed by atoms with Gasteiger partial charge >= 0.3 is 0 Å². The summed E-state index contributed by atoms with van der Waals surface area (Å²) in [6.07, 6.45) is 5.07. The third-order valence-corrected chi connectivity index (χ3v) is 5.36. The van der Waals surface area contributed by atoms with Crippen LogP contribution in [0, 0.1) is 5.82 Å². The molecular weight excluding hydrogens is 405 g/mol. The molecule has 2 N–H and O–H groups in total. The zero-order valence-corrected chi connectivity index (χ0v) is 17.8. The molecule has 4 heterocycles. The maximum Gasteiger partial charge on any atom is 0.183 e. The standard InChI is InChI=1S/C24H22FN7/c1-3-6-20-31-22-23(27-13-28-24(22)32-20)29-14(2)17-11-15-8-9-16(25)12-19(15)30-21(17)18-7-4-5-10-26-18/h4-5,7-14H,3,6H2,1-2H3,(H2,27,28,29,31,32). The summed E-state index contributed by atoms with van der Waals surface area (Å²) in [5.74, 6) is 1.24. The molecule has 7 nitrogen and oxygen atoms in total. The van der Waals surface area contributed by atoms with Crippen molar-refractivity contribution < 1.29 is 4.39 Å². The molecule has 0 saturated carbocycles. The largest absolute Gasteiger partial charge is 0.362 e. The van der Waals surface area contributed by atoms with Gasteiger partial charge in [-0.15, -0.1) is 0 Å². The summed E-state index contributed by atoms with van der Waals surface area (Å²) in [6, 6.07) is 12.2. The van der Waals surface area contributed by atoms with Gasteiger partial charge in [0.25, 0.3) is 0 Å². The third kappa shape index (κ3) is 3.75. The number of nitrogens with one attached hydrogen (secondary N) is 2. The van der Waals surface area contributed by atoms with Crippen LogP contribution in [0.1, 0.15) is 37.7 Å². The topological polar surface area (TPSA) is 92.3 Å². The zero-order chi connectivity index (χ0) is 22.1. The van der Waals surface area contributed by atoms with Crippen molar-refractivity contribution in [3.8, 4) is 11.4 Å². The Bertz CT molecular complexity index is 1400. The third-order valence-electron chi connectivity index (χ3n) is 5.36. The maximum atomic E-state index is 13.8. The van der Waals surface area contributed by atoms with Gasteiger partial charge in [-0.2, -0.15) is 0 Å². The summed E-state index contributed by atoms with van der Waals surface area (Å²) in [4.78, 5) is 25.9. The van der Waals surface area contributed by atoms with Gasteiger partial charge in [0, 0.05) is 29.6 Å². The Hall–Kier alpha value is -3.94. The minimum atomic E-state index is -0.318. The van der Waals surface area contributed by atoms with Crippen molar-refractivity contribution in [1.29, 1.82) is 0 Å². The summed E-state index contributed by atoms with van der Waals surface area (Å²) in [5, 5.41) is 4.33. The first-order valence-corrected chi connectivity index (χ1v) is 10.6. The molecule has 0 bridgehead atoms. The number of fused-ring (bicyclic) bond motifs is 2. The second-order valence-corrected chi connectivity index (χ2v) is 7.70. The number of benzene rings is 1. The molecule has 0 spiro atoms. The molecule has 32 heavy (non-hydrogen) atoms. The summed E-state index contributed by atoms with van der Waals surface area (Å²) >= 11 is 0. The number of imidazole rings is 1. The van der Waals surface area contributed by atoms with Gasteiger partial charge in [0.1, 0.15) is 23.5 Å². The van der Waals surface area contributed by atoms with E-state index in [0.717, 1.165) is 40.8 Å². The van der Waals surface area contributed by atoms with Crippen molar-refractivity contribution in [3.63, 3.8) is 0 Å². The van der Waals surface area contributed by atoms with E-state index in [2.05, 4.69) is 37.2 Å². The fraction of sp³-hybridized carbons (Fsp3) is 0.208. The van der Waals surface area contributed by atoms with Crippen LogP contribution in [0.25, 0.3) is 33.5 Å². The van der Waals surface area contributed by atoms with E-state index in [1.54, 1.807) is 12.3 Å². The van der Waals surface area contributed by atoms with Crippen LogP contribution >= 0.6 is 0 Å². The lowest BCUT2D eigenvalue weighted by molar-refractivity contribution is 0.629. The predicted molar refractivity (Wildman–Crippen MR) is 123 cm³/mol. The lowest BCUT2D eigenvalue weighted by Crippen LogP contribution is -2.11. The first-order chi connectivity index (χ1) is 15.6. The fourth-order valence-electron chi connectivity index (χ4n) is 3.82. The second-order valence-electron chi connectivity index (χ2n) is 7.70. The smallest absolute Gasteiger partial charge is 0.183 e. The highest BCUT2D eigenvalue weighted by Gasteiger charge is 2.18. The molecule has 0 fully saturated rings. The van der Waals surface area contributed by atoms with Gasteiger partial charge in [-0.3, -0.25) is 4.98 Å². The summed E-state index contributed by atoms with van der Waals surface area (Å²) in [5.41, 5.74) is 4.35. The van der Waals surface area contributed by atoms with Crippen molar-refractivity contribution in [2.75, 3.05) is 5.32 Å². The van der Waals surface area contributed by atoms with E-state index < -0.39 is 0 Å². The highest BCUT2D eigenvalue weighted by Crippen LogP contribution is 2.31. The molecule has 1 unspecified atom stereocenters. The second kappa shape index (κ2) is 8.30. The van der Waals surface area contributed by atoms with E-state index in [1.807, 2.05) is 31.2 Å². The normalized spacial score (nSPS) is 12.3. The monoisotopic (exact) mass is 427 g/mol. The molecule has 0 amide bonds. The summed E-state index contributed by atoms with van der Waals surface area (Å²) < 4.78 is 13.8. The molecule has 0 aliphatic heterocycles. The molecule has 0 aliphatic rings. The minimum absolute atomic E-state index is 0.162. The van der Waals surface area contributed by atoms with Gasteiger partial charge in [0.05, 0.1) is 22.9 Å². The van der Waals surface area contributed by atoms with E-state index in [1.165, 1.54) is 18.5 Å². The molecule has 0 radical (unpaired) electrons. The fourth-order valence-corrected chi connectivity index (χ4v) is 3.82. The Morgan fingerprint density at radius 2 is 1.97 bits per heavy atom. The lowest BCUT2D eigenvalue weighted by atomic mass is 10.0. The van der Waals surface area contributed by atoms with Gasteiger partial charge in [0.15, 0.2) is 11.5 Å². The first kappa shape index (κ1) is 20.0. The number of hydrogen-bond donors (Lipinski definition) is 2. The quantitative estimate of drug-likeness (QED) is 0.386. The molecule has 1 atom stereocenters. The van der Waals surface area contributed by atoms with Crippen molar-refractivity contribution in [3.05, 3.63) is 72.2 Å². The van der Waals surface area contributed by atoms with Crippen LogP contribution in [-0.4, -0.2) is 29.9 Å². The van der Waals surface area contributed by atoms with Crippen molar-refractivity contribution in [2.45, 2.75) is 32.7 Å². The Labute approximate surface area is 184 Å². The number of halogens is 1. The number of nitrogens with zero attached hydrogens (tertiary/aromatic N) is 5. The number of pyridine rings is 2. The van der Waals surface area contributed by atoms with E-state index in [9.17, 15) is 4.39 Å². The molecule has 160 valence electrons. The number of anilines is 1. The van der Waals surface area contributed by atoms with Crippen molar-refractivity contribution in [2.24, 2.45) is 0 Å². The van der Waals surface area contributed by atoms with Crippen LogP contribution < -0.4 is 5.32 Å². The van der Waals surface area contributed by atoms with Crippen LogP contribution in [0.15, 0.2) is 55.0 Å². The average molecular weight is 427 g/mol. The van der Waals surface area contributed by atoms with E-state index in [0.29, 0.717) is 22.7 Å². The van der Waals surface area contributed by atoms with E-state index in [4.69, 9.17) is 4.98 Å². The molecule has 4 aromatic heterocycles. The highest BCUT2D eigenvalue weighted by atomic mass is 19.1. The van der Waals surface area contributed by atoms with Crippen molar-refractivity contribution >= 4 is 27.9 Å². The van der Waals surface area contributed by atoms with Crippen LogP contribution in [0.2, 0.25) is 0 Å². The van der Waals surface area contributed by atoms with E-state index >= 15 is 0 Å². The summed E-state index contributed by atoms with van der Waals surface area (Å²) in [7, 11) is 0. The van der Waals surface area contributed by atoms with E-state index in [-0.39, 0.29) is 11.9 Å². The Balaban J connectivity index is 1.59. The zero-order valence-electron chi connectivity index (χ0n) is 17.8. The molecule has 5 aromatic rings. The molecule has 1 aromatic carbocycles. The number of aromatic amines is 1. The van der Waals surface area contributed by atoms with Crippen LogP contribution in [-0.2, 0) is 6.42 Å². The SMILES string of the molecule is CCCc1nc2ncnc(NC(C)c3cc4ccc(F)cc4nc3-c3ccccn3)c2[nH]1. The minimum Gasteiger partial charge on any atom is -0.362 e. The van der Waals surface area contributed by atoms with Crippen LogP contribution in [0.4, 0.5) is 10.2 Å². The number of aryl methyl sites for hydroxylation is 1. The number of aromatic nitrogens is 6. The van der Waals surface area contributed by atoms with Gasteiger partial charge < -0.3 is 10.3 Å². The van der Waals surface area contributed by atoms with Crippen LogP contribution in [0.5, 0.6) is 0 Å². The maximum absolute atomic E-state index is 13.8. The Morgan fingerprint density at radius 1 is 1.06 bits per heavy atom. The number of rotatable bonds is 6. The molecule has 8 heteroatoms. The molecule has 0 aliphatic carbocycles. The van der Waals surface area contributed by atoms with Gasteiger partial charge in [0.2, 0.25) is 0 Å². The predicted octanol–water partition coefficient (Wildman–Crippen LogP) is 5.23. The number of hydrogen-bond acceptors (Lipinski definition) is 6. The summed E-state index contributed by atoms with van der Waals surface area (Å²) in [6.45, 7) is 4.15. The first-order valence-electron chi connectivity index (χ1n) is 10.6. The lowest BCUT2D eigenvalue weighted by Gasteiger charge is -2.19. The van der Waals surface area contributed by atoms with Gasteiger partial charge in [-0.25, -0.2) is 24.3 Å². The van der Waals surface area contributed by atoms with Gasteiger partial charge in [-0.1, -0.05) is 13.0 Å². The highest BCUT2D eigenvalue weighted by molar-refractivity contribution is 5.85. The molecule has 5 rings (SSSR count).